The Kier molecular flexibility index (Phi) is 4.65. The van der Waals surface area contributed by atoms with Gasteiger partial charge in [0, 0.05) is 25.8 Å². The van der Waals surface area contributed by atoms with Crippen LogP contribution in [0.25, 0.3) is 0 Å². The summed E-state index contributed by atoms with van der Waals surface area (Å²) in [6, 6.07) is 0. The quantitative estimate of drug-likeness (QED) is 0.512. The molecule has 16 heavy (non-hydrogen) atoms. The summed E-state index contributed by atoms with van der Waals surface area (Å²) in [5.74, 6) is 1.01. The van der Waals surface area contributed by atoms with Crippen LogP contribution in [-0.4, -0.2) is 49.7 Å². The standard InChI is InChI=1S/C10H18N6/c1-4-16-7-13-5-8(2)15-10(16)9(11)14-6-12-3/h6,13H,2,4-5,7H2,1,3H3,(H2,11,12,14). The van der Waals surface area contributed by atoms with E-state index in [1.54, 1.807) is 7.05 Å². The summed E-state index contributed by atoms with van der Waals surface area (Å²) in [5.41, 5.74) is 6.60. The van der Waals surface area contributed by atoms with Crippen LogP contribution in [0.4, 0.5) is 0 Å². The summed E-state index contributed by atoms with van der Waals surface area (Å²) >= 11 is 0. The molecule has 0 aromatic heterocycles. The van der Waals surface area contributed by atoms with Crippen molar-refractivity contribution in [2.75, 3.05) is 26.8 Å². The minimum Gasteiger partial charge on any atom is -0.381 e. The smallest absolute Gasteiger partial charge is 0.172 e. The third-order valence-corrected chi connectivity index (χ3v) is 2.12. The highest BCUT2D eigenvalue weighted by molar-refractivity contribution is 6.41. The molecule has 0 radical (unpaired) electrons. The molecule has 1 rings (SSSR count). The molecule has 0 saturated carbocycles. The SMILES string of the molecule is C=C1CNCN(CC)C(C(N)=NC=NC)=N1. The summed E-state index contributed by atoms with van der Waals surface area (Å²) in [5, 5.41) is 3.21. The molecule has 0 aromatic rings. The topological polar surface area (TPSA) is 78.4 Å². The van der Waals surface area contributed by atoms with Crippen molar-refractivity contribution in [3.05, 3.63) is 12.3 Å². The third kappa shape index (κ3) is 3.16. The zero-order valence-electron chi connectivity index (χ0n) is 9.77. The largest absolute Gasteiger partial charge is 0.381 e. The lowest BCUT2D eigenvalue weighted by molar-refractivity contribution is 0.417. The van der Waals surface area contributed by atoms with Crippen molar-refractivity contribution >= 4 is 18.0 Å². The molecule has 0 saturated heterocycles. The van der Waals surface area contributed by atoms with Crippen molar-refractivity contribution in [2.45, 2.75) is 6.92 Å². The van der Waals surface area contributed by atoms with Crippen molar-refractivity contribution in [1.82, 2.24) is 10.2 Å². The molecule has 0 bridgehead atoms. The van der Waals surface area contributed by atoms with E-state index in [0.717, 1.165) is 12.2 Å². The molecule has 0 spiro atoms. The normalized spacial score (nSPS) is 18.9. The maximum Gasteiger partial charge on any atom is 0.172 e. The van der Waals surface area contributed by atoms with Gasteiger partial charge in [-0.25, -0.2) is 9.98 Å². The summed E-state index contributed by atoms with van der Waals surface area (Å²) in [4.78, 5) is 14.1. The van der Waals surface area contributed by atoms with Gasteiger partial charge in [0.1, 0.15) is 6.34 Å². The molecule has 0 atom stereocenters. The fourth-order valence-corrected chi connectivity index (χ4v) is 1.33. The zero-order valence-corrected chi connectivity index (χ0v) is 9.77. The summed E-state index contributed by atoms with van der Waals surface area (Å²) in [7, 11) is 1.64. The number of hydrogen-bond donors (Lipinski definition) is 2. The molecule has 88 valence electrons. The van der Waals surface area contributed by atoms with Crippen LogP contribution >= 0.6 is 0 Å². The molecular weight excluding hydrogens is 204 g/mol. The molecule has 0 amide bonds. The first-order chi connectivity index (χ1) is 7.69. The lowest BCUT2D eigenvalue weighted by Crippen LogP contribution is -2.43. The minimum atomic E-state index is 0.359. The van der Waals surface area contributed by atoms with Crippen LogP contribution in [-0.2, 0) is 0 Å². The van der Waals surface area contributed by atoms with Gasteiger partial charge in [-0.1, -0.05) is 6.58 Å². The summed E-state index contributed by atoms with van der Waals surface area (Å²) in [6.07, 6.45) is 1.41. The number of amidine groups is 2. The van der Waals surface area contributed by atoms with Crippen LogP contribution in [0.15, 0.2) is 27.3 Å². The average molecular weight is 222 g/mol. The number of likely N-dealkylation sites (N-methyl/N-ethyl adjacent to an activating group) is 1. The molecule has 1 heterocycles. The van der Waals surface area contributed by atoms with Gasteiger partial charge in [0.15, 0.2) is 11.7 Å². The van der Waals surface area contributed by atoms with Gasteiger partial charge < -0.3 is 10.6 Å². The Morgan fingerprint density at radius 1 is 1.75 bits per heavy atom. The number of nitrogens with one attached hydrogen (secondary N) is 1. The zero-order chi connectivity index (χ0) is 12.0. The molecule has 0 fully saturated rings. The highest BCUT2D eigenvalue weighted by Gasteiger charge is 2.16. The second-order valence-corrected chi connectivity index (χ2v) is 3.33. The molecule has 6 heteroatoms. The third-order valence-electron chi connectivity index (χ3n) is 2.12. The second-order valence-electron chi connectivity index (χ2n) is 3.33. The Labute approximate surface area is 95.7 Å². The van der Waals surface area contributed by atoms with E-state index in [0.29, 0.717) is 24.9 Å². The predicted octanol–water partition coefficient (Wildman–Crippen LogP) is -0.203. The first kappa shape index (κ1) is 12.4. The van der Waals surface area contributed by atoms with Gasteiger partial charge in [-0.2, -0.15) is 0 Å². The fourth-order valence-electron chi connectivity index (χ4n) is 1.33. The summed E-state index contributed by atoms with van der Waals surface area (Å²) < 4.78 is 0. The highest BCUT2D eigenvalue weighted by atomic mass is 15.3. The molecular formula is C10H18N6. The van der Waals surface area contributed by atoms with Gasteiger partial charge >= 0.3 is 0 Å². The number of rotatable bonds is 3. The maximum absolute atomic E-state index is 5.85. The first-order valence-corrected chi connectivity index (χ1v) is 5.15. The molecule has 3 N–H and O–H groups in total. The molecule has 0 aliphatic carbocycles. The maximum atomic E-state index is 5.85. The van der Waals surface area contributed by atoms with Gasteiger partial charge in [-0.3, -0.25) is 10.3 Å². The van der Waals surface area contributed by atoms with Gasteiger partial charge in [-0.15, -0.1) is 0 Å². The van der Waals surface area contributed by atoms with E-state index in [4.69, 9.17) is 5.73 Å². The average Bonchev–Trinajstić information content (AvgIpc) is 2.47. The van der Waals surface area contributed by atoms with Crippen LogP contribution in [0.3, 0.4) is 0 Å². The van der Waals surface area contributed by atoms with Gasteiger partial charge in [0.05, 0.1) is 6.67 Å². The Balaban J connectivity index is 2.98. The van der Waals surface area contributed by atoms with E-state index < -0.39 is 0 Å². The van der Waals surface area contributed by atoms with Crippen molar-refractivity contribution in [3.8, 4) is 0 Å². The van der Waals surface area contributed by atoms with E-state index >= 15 is 0 Å². The van der Waals surface area contributed by atoms with Crippen LogP contribution in [0.2, 0.25) is 0 Å². The van der Waals surface area contributed by atoms with Crippen LogP contribution in [0.1, 0.15) is 6.92 Å². The summed E-state index contributed by atoms with van der Waals surface area (Å²) in [6.45, 7) is 8.02. The van der Waals surface area contributed by atoms with Crippen LogP contribution < -0.4 is 11.1 Å². The Hall–Kier alpha value is -1.69. The fraction of sp³-hybridized carbons (Fsp3) is 0.500. The van der Waals surface area contributed by atoms with E-state index in [1.165, 1.54) is 6.34 Å². The van der Waals surface area contributed by atoms with Gasteiger partial charge in [0.25, 0.3) is 0 Å². The number of hydrogen-bond acceptors (Lipinski definition) is 4. The minimum absolute atomic E-state index is 0.359. The van der Waals surface area contributed by atoms with E-state index in [9.17, 15) is 0 Å². The van der Waals surface area contributed by atoms with E-state index in [2.05, 4.69) is 26.9 Å². The van der Waals surface area contributed by atoms with Gasteiger partial charge in [0.2, 0.25) is 0 Å². The number of nitrogens with zero attached hydrogens (tertiary/aromatic N) is 4. The number of nitrogens with two attached hydrogens (primary N) is 1. The lowest BCUT2D eigenvalue weighted by atomic mass is 10.4. The Morgan fingerprint density at radius 2 is 2.50 bits per heavy atom. The van der Waals surface area contributed by atoms with Crippen LogP contribution in [0, 0.1) is 0 Å². The molecule has 6 nitrogen and oxygen atoms in total. The van der Waals surface area contributed by atoms with Gasteiger partial charge in [-0.05, 0) is 6.92 Å². The Morgan fingerprint density at radius 3 is 3.12 bits per heavy atom. The first-order valence-electron chi connectivity index (χ1n) is 5.15. The second kappa shape index (κ2) is 6.02. The van der Waals surface area contributed by atoms with E-state index in [-0.39, 0.29) is 0 Å². The number of aliphatic imine (C=N–C) groups is 3. The predicted molar refractivity (Wildman–Crippen MR) is 67.9 cm³/mol. The van der Waals surface area contributed by atoms with E-state index in [1.807, 2.05) is 11.8 Å². The molecule has 1 aliphatic heterocycles. The van der Waals surface area contributed by atoms with Crippen molar-refractivity contribution in [2.24, 2.45) is 20.7 Å². The monoisotopic (exact) mass is 222 g/mol. The van der Waals surface area contributed by atoms with Crippen molar-refractivity contribution in [1.29, 1.82) is 0 Å². The highest BCUT2D eigenvalue weighted by Crippen LogP contribution is 2.02. The lowest BCUT2D eigenvalue weighted by Gasteiger charge is -2.21. The Bertz CT molecular complexity index is 341. The molecule has 1 aliphatic rings. The molecule has 0 aromatic carbocycles. The van der Waals surface area contributed by atoms with Crippen LogP contribution in [0.5, 0.6) is 0 Å². The van der Waals surface area contributed by atoms with Crippen molar-refractivity contribution < 1.29 is 0 Å². The molecule has 0 unspecified atom stereocenters. The van der Waals surface area contributed by atoms with Crippen molar-refractivity contribution in [3.63, 3.8) is 0 Å².